The van der Waals surface area contributed by atoms with Crippen LogP contribution in [0.5, 0.6) is 0 Å². The van der Waals surface area contributed by atoms with Crippen molar-refractivity contribution in [3.05, 3.63) is 108 Å². The van der Waals surface area contributed by atoms with E-state index in [9.17, 15) is 0 Å². The summed E-state index contributed by atoms with van der Waals surface area (Å²) in [5.74, 6) is 0. The molecule has 0 spiro atoms. The van der Waals surface area contributed by atoms with Crippen LogP contribution >= 0.6 is 0 Å². The maximum Gasteiger partial charge on any atom is 0.135 e. The van der Waals surface area contributed by atoms with E-state index in [-0.39, 0.29) is 0 Å². The van der Waals surface area contributed by atoms with Crippen molar-refractivity contribution in [3.63, 3.8) is 0 Å². The number of nitrogens with zero attached hydrogens (tertiary/aromatic N) is 2. The van der Waals surface area contributed by atoms with E-state index in [1.807, 2.05) is 84.9 Å². The summed E-state index contributed by atoms with van der Waals surface area (Å²) in [4.78, 5) is 9.56. The SMILES string of the molecule is C(=Cc1ccccc1)CON=C(c1ccccc1)c1ccncc1. The summed E-state index contributed by atoms with van der Waals surface area (Å²) in [6.45, 7) is 0.413. The van der Waals surface area contributed by atoms with Gasteiger partial charge in [-0.1, -0.05) is 71.9 Å². The van der Waals surface area contributed by atoms with Crippen molar-refractivity contribution in [1.29, 1.82) is 0 Å². The van der Waals surface area contributed by atoms with E-state index in [1.165, 1.54) is 0 Å². The molecule has 0 N–H and O–H groups in total. The molecule has 0 bridgehead atoms. The standard InChI is InChI=1S/C21H18N2O/c1-3-8-18(9-4-1)10-7-17-24-23-21(19-11-5-2-6-12-19)20-13-15-22-16-14-20/h1-16H,17H2. The first kappa shape index (κ1) is 15.7. The fourth-order valence-corrected chi connectivity index (χ4v) is 2.27. The number of oxime groups is 1. The Labute approximate surface area is 141 Å². The molecule has 0 fully saturated rings. The Bertz CT molecular complexity index is 756. The Hall–Kier alpha value is -3.20. The Morgan fingerprint density at radius 3 is 2.17 bits per heavy atom. The number of rotatable bonds is 6. The highest BCUT2D eigenvalue weighted by Gasteiger charge is 2.06. The molecule has 1 heterocycles. The quantitative estimate of drug-likeness (QED) is 0.379. The molecule has 1 aromatic heterocycles. The van der Waals surface area contributed by atoms with Gasteiger partial charge in [0.1, 0.15) is 12.3 Å². The molecule has 24 heavy (non-hydrogen) atoms. The van der Waals surface area contributed by atoms with Gasteiger partial charge in [-0.3, -0.25) is 4.98 Å². The molecule has 0 saturated heterocycles. The first-order chi connectivity index (χ1) is 11.9. The molecule has 0 aliphatic carbocycles. The zero-order valence-corrected chi connectivity index (χ0v) is 13.2. The van der Waals surface area contributed by atoms with Crippen LogP contribution in [0, 0.1) is 0 Å². The summed E-state index contributed by atoms with van der Waals surface area (Å²) in [7, 11) is 0. The molecule has 3 nitrogen and oxygen atoms in total. The van der Waals surface area contributed by atoms with Crippen LogP contribution in [-0.2, 0) is 4.84 Å². The van der Waals surface area contributed by atoms with Crippen molar-refractivity contribution in [2.75, 3.05) is 6.61 Å². The van der Waals surface area contributed by atoms with E-state index >= 15 is 0 Å². The number of hydrogen-bond acceptors (Lipinski definition) is 3. The summed E-state index contributed by atoms with van der Waals surface area (Å²) in [5, 5.41) is 4.33. The Balaban J connectivity index is 1.72. The highest BCUT2D eigenvalue weighted by Crippen LogP contribution is 2.10. The predicted molar refractivity (Wildman–Crippen MR) is 97.7 cm³/mol. The predicted octanol–water partition coefficient (Wildman–Crippen LogP) is 4.56. The van der Waals surface area contributed by atoms with Crippen LogP contribution in [-0.4, -0.2) is 17.3 Å². The van der Waals surface area contributed by atoms with E-state index in [4.69, 9.17) is 4.84 Å². The van der Waals surface area contributed by atoms with E-state index in [0.717, 1.165) is 22.4 Å². The van der Waals surface area contributed by atoms with Gasteiger partial charge in [0.05, 0.1) is 0 Å². The molecule has 0 amide bonds. The largest absolute Gasteiger partial charge is 0.391 e. The third-order valence-electron chi connectivity index (χ3n) is 3.44. The Morgan fingerprint density at radius 1 is 0.833 bits per heavy atom. The minimum Gasteiger partial charge on any atom is -0.391 e. The summed E-state index contributed by atoms with van der Waals surface area (Å²) >= 11 is 0. The van der Waals surface area contributed by atoms with Crippen LogP contribution in [0.1, 0.15) is 16.7 Å². The summed E-state index contributed by atoms with van der Waals surface area (Å²) in [6, 6.07) is 24.0. The molecule has 3 rings (SSSR count). The Kier molecular flexibility index (Phi) is 5.51. The lowest BCUT2D eigenvalue weighted by Gasteiger charge is -2.06. The van der Waals surface area contributed by atoms with Gasteiger partial charge >= 0.3 is 0 Å². The minimum absolute atomic E-state index is 0.413. The molecular formula is C21H18N2O. The monoisotopic (exact) mass is 314 g/mol. The van der Waals surface area contributed by atoms with E-state index in [2.05, 4.69) is 10.1 Å². The van der Waals surface area contributed by atoms with Crippen LogP contribution in [0.25, 0.3) is 6.08 Å². The summed E-state index contributed by atoms with van der Waals surface area (Å²) in [6.07, 6.45) is 7.48. The lowest BCUT2D eigenvalue weighted by atomic mass is 10.0. The van der Waals surface area contributed by atoms with Gasteiger partial charge in [0.25, 0.3) is 0 Å². The molecule has 0 radical (unpaired) electrons. The lowest BCUT2D eigenvalue weighted by Crippen LogP contribution is -2.04. The fourth-order valence-electron chi connectivity index (χ4n) is 2.27. The zero-order chi connectivity index (χ0) is 16.5. The smallest absolute Gasteiger partial charge is 0.135 e. The van der Waals surface area contributed by atoms with Gasteiger partial charge in [-0.05, 0) is 23.8 Å². The highest BCUT2D eigenvalue weighted by atomic mass is 16.6. The van der Waals surface area contributed by atoms with E-state index in [1.54, 1.807) is 12.4 Å². The molecule has 0 unspecified atom stereocenters. The van der Waals surface area contributed by atoms with Gasteiger partial charge in [-0.2, -0.15) is 0 Å². The Morgan fingerprint density at radius 2 is 1.46 bits per heavy atom. The molecule has 118 valence electrons. The third-order valence-corrected chi connectivity index (χ3v) is 3.44. The second-order valence-corrected chi connectivity index (χ2v) is 5.15. The summed E-state index contributed by atoms with van der Waals surface area (Å²) < 4.78 is 0. The lowest BCUT2D eigenvalue weighted by molar-refractivity contribution is 0.175. The molecule has 3 heteroatoms. The number of hydrogen-bond donors (Lipinski definition) is 0. The minimum atomic E-state index is 0.413. The van der Waals surface area contributed by atoms with Gasteiger partial charge in [0.15, 0.2) is 0 Å². The van der Waals surface area contributed by atoms with Crippen molar-refractivity contribution in [3.8, 4) is 0 Å². The molecule has 2 aromatic carbocycles. The van der Waals surface area contributed by atoms with Crippen molar-refractivity contribution in [2.45, 2.75) is 0 Å². The van der Waals surface area contributed by atoms with Crippen LogP contribution in [0.2, 0.25) is 0 Å². The van der Waals surface area contributed by atoms with Gasteiger partial charge in [-0.15, -0.1) is 0 Å². The van der Waals surface area contributed by atoms with Crippen molar-refractivity contribution >= 4 is 11.8 Å². The maximum atomic E-state index is 5.51. The second kappa shape index (κ2) is 8.44. The summed E-state index contributed by atoms with van der Waals surface area (Å²) in [5.41, 5.74) is 3.92. The van der Waals surface area contributed by atoms with Crippen LogP contribution in [0.4, 0.5) is 0 Å². The first-order valence-electron chi connectivity index (χ1n) is 7.81. The normalized spacial score (nSPS) is 11.6. The van der Waals surface area contributed by atoms with Gasteiger partial charge in [0, 0.05) is 23.5 Å². The second-order valence-electron chi connectivity index (χ2n) is 5.15. The van der Waals surface area contributed by atoms with Crippen molar-refractivity contribution in [1.82, 2.24) is 4.98 Å². The molecular weight excluding hydrogens is 296 g/mol. The average molecular weight is 314 g/mol. The topological polar surface area (TPSA) is 34.5 Å². The van der Waals surface area contributed by atoms with Crippen molar-refractivity contribution < 1.29 is 4.84 Å². The molecule has 0 aliphatic heterocycles. The van der Waals surface area contributed by atoms with E-state index < -0.39 is 0 Å². The van der Waals surface area contributed by atoms with Crippen molar-refractivity contribution in [2.24, 2.45) is 5.16 Å². The van der Waals surface area contributed by atoms with Gasteiger partial charge in [-0.25, -0.2) is 0 Å². The van der Waals surface area contributed by atoms with Gasteiger partial charge < -0.3 is 4.84 Å². The number of aromatic nitrogens is 1. The molecule has 3 aromatic rings. The maximum absolute atomic E-state index is 5.51. The molecule has 0 aliphatic rings. The zero-order valence-electron chi connectivity index (χ0n) is 13.2. The average Bonchev–Trinajstić information content (AvgIpc) is 2.67. The molecule has 0 saturated carbocycles. The van der Waals surface area contributed by atoms with Crippen LogP contribution in [0.3, 0.4) is 0 Å². The van der Waals surface area contributed by atoms with Gasteiger partial charge in [0.2, 0.25) is 0 Å². The number of benzene rings is 2. The van der Waals surface area contributed by atoms with Crippen LogP contribution in [0.15, 0.2) is 96.4 Å². The first-order valence-corrected chi connectivity index (χ1v) is 7.81. The highest BCUT2D eigenvalue weighted by molar-refractivity contribution is 6.12. The molecule has 0 atom stereocenters. The van der Waals surface area contributed by atoms with Crippen LogP contribution < -0.4 is 0 Å². The van der Waals surface area contributed by atoms with E-state index in [0.29, 0.717) is 6.61 Å². The number of pyridine rings is 1. The third kappa shape index (κ3) is 4.40. The fraction of sp³-hybridized carbons (Fsp3) is 0.0476.